The predicted molar refractivity (Wildman–Crippen MR) is 99.3 cm³/mol. The SMILES string of the molecule is COc1nccnc1OC1CCCN(C(=O)Cn2c(=O)oc3ccccc32)C1. The highest BCUT2D eigenvalue weighted by Gasteiger charge is 2.27. The topological polar surface area (TPSA) is 99.7 Å². The number of ether oxygens (including phenoxy) is 2. The van der Waals surface area contributed by atoms with Gasteiger partial charge in [0.15, 0.2) is 5.58 Å². The lowest BCUT2D eigenvalue weighted by atomic mass is 10.1. The van der Waals surface area contributed by atoms with Gasteiger partial charge in [-0.25, -0.2) is 14.8 Å². The third kappa shape index (κ3) is 3.55. The Hall–Kier alpha value is -3.36. The molecule has 9 nitrogen and oxygen atoms in total. The van der Waals surface area contributed by atoms with Crippen LogP contribution in [0.4, 0.5) is 0 Å². The van der Waals surface area contributed by atoms with Crippen molar-refractivity contribution in [3.63, 3.8) is 0 Å². The van der Waals surface area contributed by atoms with Gasteiger partial charge >= 0.3 is 5.76 Å². The fourth-order valence-corrected chi connectivity index (χ4v) is 3.35. The van der Waals surface area contributed by atoms with Crippen LogP contribution in [0, 0.1) is 0 Å². The van der Waals surface area contributed by atoms with Gasteiger partial charge in [-0.1, -0.05) is 12.1 Å². The zero-order chi connectivity index (χ0) is 19.5. The maximum absolute atomic E-state index is 12.8. The number of amides is 1. The average molecular weight is 384 g/mol. The molecule has 9 heteroatoms. The Kier molecular flexibility index (Phi) is 4.96. The van der Waals surface area contributed by atoms with Gasteiger partial charge in [0.25, 0.3) is 11.8 Å². The molecule has 1 amide bonds. The molecule has 1 aromatic carbocycles. The molecule has 2 aromatic heterocycles. The van der Waals surface area contributed by atoms with Crippen molar-refractivity contribution < 1.29 is 18.7 Å². The van der Waals surface area contributed by atoms with E-state index >= 15 is 0 Å². The Morgan fingerprint density at radius 3 is 2.86 bits per heavy atom. The van der Waals surface area contributed by atoms with Crippen LogP contribution in [-0.2, 0) is 11.3 Å². The summed E-state index contributed by atoms with van der Waals surface area (Å²) in [5.74, 6) is -0.0829. The van der Waals surface area contributed by atoms with Crippen molar-refractivity contribution in [2.24, 2.45) is 0 Å². The number of hydrogen-bond donors (Lipinski definition) is 0. The van der Waals surface area contributed by atoms with Crippen LogP contribution in [0.1, 0.15) is 12.8 Å². The minimum atomic E-state index is -0.538. The number of carbonyl (C=O) groups excluding carboxylic acids is 1. The van der Waals surface area contributed by atoms with E-state index in [0.29, 0.717) is 35.9 Å². The van der Waals surface area contributed by atoms with Crippen molar-refractivity contribution in [3.05, 3.63) is 47.2 Å². The van der Waals surface area contributed by atoms with Crippen LogP contribution in [-0.4, -0.2) is 51.6 Å². The van der Waals surface area contributed by atoms with Gasteiger partial charge in [-0.2, -0.15) is 0 Å². The van der Waals surface area contributed by atoms with Crippen molar-refractivity contribution in [1.82, 2.24) is 19.4 Å². The third-order valence-electron chi connectivity index (χ3n) is 4.70. The van der Waals surface area contributed by atoms with Gasteiger partial charge in [-0.05, 0) is 25.0 Å². The van der Waals surface area contributed by atoms with Gasteiger partial charge < -0.3 is 18.8 Å². The highest BCUT2D eigenvalue weighted by molar-refractivity contribution is 5.79. The number of likely N-dealkylation sites (tertiary alicyclic amines) is 1. The maximum atomic E-state index is 12.8. The van der Waals surface area contributed by atoms with E-state index < -0.39 is 5.76 Å². The molecule has 1 saturated heterocycles. The molecule has 1 unspecified atom stereocenters. The van der Waals surface area contributed by atoms with E-state index in [4.69, 9.17) is 13.9 Å². The summed E-state index contributed by atoms with van der Waals surface area (Å²) in [6.45, 7) is 0.945. The molecule has 28 heavy (non-hydrogen) atoms. The molecule has 3 aromatic rings. The van der Waals surface area contributed by atoms with Gasteiger partial charge in [0, 0.05) is 18.9 Å². The number of para-hydroxylation sites is 2. The number of rotatable bonds is 5. The molecular weight excluding hydrogens is 364 g/mol. The summed E-state index contributed by atoms with van der Waals surface area (Å²) in [5.41, 5.74) is 1.07. The first kappa shape index (κ1) is 18.0. The number of fused-ring (bicyclic) bond motifs is 1. The third-order valence-corrected chi connectivity index (χ3v) is 4.70. The second-order valence-electron chi connectivity index (χ2n) is 6.51. The normalized spacial score (nSPS) is 16.9. The van der Waals surface area contributed by atoms with Crippen molar-refractivity contribution in [1.29, 1.82) is 0 Å². The lowest BCUT2D eigenvalue weighted by Crippen LogP contribution is -2.46. The Balaban J connectivity index is 1.46. The number of oxazole rings is 1. The van der Waals surface area contributed by atoms with Crippen LogP contribution in [0.25, 0.3) is 11.1 Å². The van der Waals surface area contributed by atoms with Crippen LogP contribution in [0.3, 0.4) is 0 Å². The Morgan fingerprint density at radius 1 is 1.25 bits per heavy atom. The minimum Gasteiger partial charge on any atom is -0.477 e. The van der Waals surface area contributed by atoms with E-state index in [0.717, 1.165) is 12.8 Å². The van der Waals surface area contributed by atoms with E-state index in [1.807, 2.05) is 0 Å². The summed E-state index contributed by atoms with van der Waals surface area (Å²) in [6, 6.07) is 7.05. The molecule has 0 spiro atoms. The van der Waals surface area contributed by atoms with Crippen LogP contribution >= 0.6 is 0 Å². The molecule has 4 rings (SSSR count). The zero-order valence-corrected chi connectivity index (χ0v) is 15.4. The Bertz CT molecular complexity index is 1040. The molecule has 0 bridgehead atoms. The van der Waals surface area contributed by atoms with E-state index in [-0.39, 0.29) is 18.6 Å². The Morgan fingerprint density at radius 2 is 2.04 bits per heavy atom. The zero-order valence-electron chi connectivity index (χ0n) is 15.4. The first-order chi connectivity index (χ1) is 13.7. The van der Waals surface area contributed by atoms with Crippen LogP contribution < -0.4 is 15.2 Å². The van der Waals surface area contributed by atoms with Crippen molar-refractivity contribution in [2.45, 2.75) is 25.5 Å². The number of carbonyl (C=O) groups is 1. The summed E-state index contributed by atoms with van der Waals surface area (Å²) in [6.07, 6.45) is 4.41. The lowest BCUT2D eigenvalue weighted by molar-refractivity contribution is -0.134. The molecule has 1 aliphatic rings. The van der Waals surface area contributed by atoms with E-state index in [2.05, 4.69) is 9.97 Å². The molecule has 0 saturated carbocycles. The molecule has 0 aliphatic carbocycles. The number of nitrogens with zero attached hydrogens (tertiary/aromatic N) is 4. The second kappa shape index (κ2) is 7.71. The average Bonchev–Trinajstić information content (AvgIpc) is 3.04. The molecule has 0 N–H and O–H groups in total. The highest BCUT2D eigenvalue weighted by Crippen LogP contribution is 2.24. The maximum Gasteiger partial charge on any atom is 0.420 e. The van der Waals surface area contributed by atoms with Gasteiger partial charge in [-0.3, -0.25) is 9.36 Å². The number of benzene rings is 1. The fourth-order valence-electron chi connectivity index (χ4n) is 3.35. The first-order valence-electron chi connectivity index (χ1n) is 9.03. The predicted octanol–water partition coefficient (Wildman–Crippen LogP) is 1.46. The molecule has 3 heterocycles. The lowest BCUT2D eigenvalue weighted by Gasteiger charge is -2.32. The van der Waals surface area contributed by atoms with Crippen molar-refractivity contribution in [2.75, 3.05) is 20.2 Å². The Labute approximate surface area is 160 Å². The summed E-state index contributed by atoms with van der Waals surface area (Å²) >= 11 is 0. The monoisotopic (exact) mass is 384 g/mol. The summed E-state index contributed by atoms with van der Waals surface area (Å²) < 4.78 is 17.6. The largest absolute Gasteiger partial charge is 0.477 e. The number of hydrogen-bond acceptors (Lipinski definition) is 7. The van der Waals surface area contributed by atoms with Crippen molar-refractivity contribution in [3.8, 4) is 11.8 Å². The molecule has 1 aliphatic heterocycles. The van der Waals surface area contributed by atoms with Gasteiger partial charge in [0.1, 0.15) is 12.6 Å². The molecular formula is C19H20N4O5. The number of methoxy groups -OCH3 is 1. The van der Waals surface area contributed by atoms with Gasteiger partial charge in [0.05, 0.1) is 19.2 Å². The summed E-state index contributed by atoms with van der Waals surface area (Å²) in [5, 5.41) is 0. The van der Waals surface area contributed by atoms with E-state index in [1.165, 1.54) is 24.1 Å². The van der Waals surface area contributed by atoms with Crippen LogP contribution in [0.2, 0.25) is 0 Å². The second-order valence-corrected chi connectivity index (χ2v) is 6.51. The first-order valence-corrected chi connectivity index (χ1v) is 9.03. The highest BCUT2D eigenvalue weighted by atomic mass is 16.5. The smallest absolute Gasteiger partial charge is 0.420 e. The van der Waals surface area contributed by atoms with Crippen molar-refractivity contribution >= 4 is 17.0 Å². The quantitative estimate of drug-likeness (QED) is 0.657. The number of aromatic nitrogens is 3. The van der Waals surface area contributed by atoms with Gasteiger partial charge in [0.2, 0.25) is 5.91 Å². The minimum absolute atomic E-state index is 0.0724. The fraction of sp³-hybridized carbons (Fsp3) is 0.368. The summed E-state index contributed by atoms with van der Waals surface area (Å²) in [7, 11) is 1.50. The standard InChI is InChI=1S/C19H20N4O5/c1-26-17-18(21-9-8-20-17)27-13-5-4-10-22(11-13)16(24)12-23-14-6-2-3-7-15(14)28-19(23)25/h2-3,6-9,13H,4-5,10-12H2,1H3. The molecule has 0 radical (unpaired) electrons. The van der Waals surface area contributed by atoms with E-state index in [9.17, 15) is 9.59 Å². The van der Waals surface area contributed by atoms with Gasteiger partial charge in [-0.15, -0.1) is 0 Å². The molecule has 1 fully saturated rings. The molecule has 146 valence electrons. The van der Waals surface area contributed by atoms with E-state index in [1.54, 1.807) is 29.2 Å². The van der Waals surface area contributed by atoms with Crippen LogP contribution in [0.15, 0.2) is 45.9 Å². The molecule has 1 atom stereocenters. The summed E-state index contributed by atoms with van der Waals surface area (Å²) in [4.78, 5) is 34.8. The van der Waals surface area contributed by atoms with Crippen LogP contribution in [0.5, 0.6) is 11.8 Å². The number of piperidine rings is 1.